The topological polar surface area (TPSA) is 84.9 Å². The van der Waals surface area contributed by atoms with Crippen LogP contribution in [0.1, 0.15) is 18.6 Å². The predicted molar refractivity (Wildman–Crippen MR) is 65.3 cm³/mol. The molecule has 6 heteroatoms. The molecule has 2 heterocycles. The summed E-state index contributed by atoms with van der Waals surface area (Å²) in [7, 11) is 0. The maximum Gasteiger partial charge on any atom is 0.220 e. The second kappa shape index (κ2) is 4.65. The first-order chi connectivity index (χ1) is 8.08. The van der Waals surface area contributed by atoms with Gasteiger partial charge >= 0.3 is 0 Å². The van der Waals surface area contributed by atoms with E-state index in [0.29, 0.717) is 21.8 Å². The van der Waals surface area contributed by atoms with Crippen molar-refractivity contribution >= 4 is 17.5 Å². The summed E-state index contributed by atoms with van der Waals surface area (Å²) < 4.78 is 0. The van der Waals surface area contributed by atoms with Crippen LogP contribution in [-0.4, -0.2) is 20.1 Å². The molecule has 1 atom stereocenters. The van der Waals surface area contributed by atoms with Gasteiger partial charge in [-0.2, -0.15) is 0 Å². The number of aromatic nitrogens is 3. The van der Waals surface area contributed by atoms with Crippen molar-refractivity contribution in [2.45, 2.75) is 13.0 Å². The summed E-state index contributed by atoms with van der Waals surface area (Å²) in [4.78, 5) is 11.9. The minimum atomic E-state index is -0.597. The molecule has 0 bridgehead atoms. The summed E-state index contributed by atoms with van der Waals surface area (Å²) >= 11 is 5.99. The van der Waals surface area contributed by atoms with Crippen LogP contribution in [0.3, 0.4) is 0 Å². The van der Waals surface area contributed by atoms with E-state index in [1.54, 1.807) is 25.4 Å². The first kappa shape index (κ1) is 11.8. The Labute approximate surface area is 103 Å². The average molecular weight is 251 g/mol. The summed E-state index contributed by atoms with van der Waals surface area (Å²) in [6.07, 6.45) is 4.04. The van der Waals surface area contributed by atoms with Gasteiger partial charge in [0.15, 0.2) is 0 Å². The molecule has 0 spiro atoms. The molecule has 0 aliphatic carbocycles. The third-order valence-electron chi connectivity index (χ3n) is 2.28. The minimum absolute atomic E-state index is 0.145. The predicted octanol–water partition coefficient (Wildman–Crippen LogP) is 1.83. The highest BCUT2D eigenvalue weighted by Crippen LogP contribution is 2.26. The first-order valence-electron chi connectivity index (χ1n) is 4.99. The standard InChI is InChI=1S/C11H11ClN4O/c1-6(17)7-2-8(4-14-3-7)10-9(12)5-15-11(13)16-10/h2-6,17H,1H3,(H2,13,15,16). The molecular formula is C11H11ClN4O. The van der Waals surface area contributed by atoms with E-state index < -0.39 is 6.10 Å². The number of nitrogens with two attached hydrogens (primary N) is 1. The molecule has 0 fully saturated rings. The molecule has 0 radical (unpaired) electrons. The second-order valence-corrected chi connectivity index (χ2v) is 4.01. The molecule has 88 valence electrons. The van der Waals surface area contributed by atoms with Gasteiger partial charge in [-0.25, -0.2) is 9.97 Å². The maximum atomic E-state index is 9.49. The number of hydrogen-bond donors (Lipinski definition) is 2. The van der Waals surface area contributed by atoms with Crippen LogP contribution in [0, 0.1) is 0 Å². The van der Waals surface area contributed by atoms with Crippen LogP contribution in [-0.2, 0) is 0 Å². The zero-order valence-electron chi connectivity index (χ0n) is 9.13. The molecule has 0 saturated carbocycles. The lowest BCUT2D eigenvalue weighted by atomic mass is 10.1. The fourth-order valence-electron chi connectivity index (χ4n) is 1.40. The number of aliphatic hydroxyl groups excluding tert-OH is 1. The van der Waals surface area contributed by atoms with Crippen LogP contribution in [0.15, 0.2) is 24.7 Å². The highest BCUT2D eigenvalue weighted by molar-refractivity contribution is 6.32. The quantitative estimate of drug-likeness (QED) is 0.849. The van der Waals surface area contributed by atoms with Gasteiger partial charge in [0.25, 0.3) is 0 Å². The summed E-state index contributed by atoms with van der Waals surface area (Å²) in [5.74, 6) is 0.145. The van der Waals surface area contributed by atoms with Gasteiger partial charge in [0.1, 0.15) is 0 Å². The van der Waals surface area contributed by atoms with E-state index in [9.17, 15) is 5.11 Å². The van der Waals surface area contributed by atoms with E-state index in [2.05, 4.69) is 15.0 Å². The molecule has 3 N–H and O–H groups in total. The largest absolute Gasteiger partial charge is 0.389 e. The molecule has 0 aromatic carbocycles. The van der Waals surface area contributed by atoms with Crippen molar-refractivity contribution in [2.75, 3.05) is 5.73 Å². The van der Waals surface area contributed by atoms with Crippen LogP contribution in [0.4, 0.5) is 5.95 Å². The Morgan fingerprint density at radius 3 is 2.82 bits per heavy atom. The van der Waals surface area contributed by atoms with E-state index >= 15 is 0 Å². The van der Waals surface area contributed by atoms with E-state index in [-0.39, 0.29) is 5.95 Å². The van der Waals surface area contributed by atoms with E-state index in [4.69, 9.17) is 17.3 Å². The highest BCUT2D eigenvalue weighted by Gasteiger charge is 2.09. The summed E-state index contributed by atoms with van der Waals surface area (Å²) in [5, 5.41) is 9.88. The molecule has 2 rings (SSSR count). The van der Waals surface area contributed by atoms with Crippen molar-refractivity contribution in [1.29, 1.82) is 0 Å². The fourth-order valence-corrected chi connectivity index (χ4v) is 1.60. The summed E-state index contributed by atoms with van der Waals surface area (Å²) in [6, 6.07) is 1.77. The van der Waals surface area contributed by atoms with Gasteiger partial charge in [-0.3, -0.25) is 4.98 Å². The Balaban J connectivity index is 2.52. The molecule has 1 unspecified atom stereocenters. The Morgan fingerprint density at radius 1 is 1.35 bits per heavy atom. The molecule has 2 aromatic heterocycles. The van der Waals surface area contributed by atoms with Crippen molar-refractivity contribution in [3.63, 3.8) is 0 Å². The van der Waals surface area contributed by atoms with Crippen LogP contribution in [0.5, 0.6) is 0 Å². The zero-order valence-corrected chi connectivity index (χ0v) is 9.89. The monoisotopic (exact) mass is 250 g/mol. The first-order valence-corrected chi connectivity index (χ1v) is 5.37. The normalized spacial score (nSPS) is 12.4. The van der Waals surface area contributed by atoms with Crippen LogP contribution < -0.4 is 5.73 Å². The number of hydrogen-bond acceptors (Lipinski definition) is 5. The molecule has 17 heavy (non-hydrogen) atoms. The van der Waals surface area contributed by atoms with Gasteiger partial charge in [-0.15, -0.1) is 0 Å². The van der Waals surface area contributed by atoms with E-state index in [0.717, 1.165) is 0 Å². The number of aliphatic hydroxyl groups is 1. The molecular weight excluding hydrogens is 240 g/mol. The number of rotatable bonds is 2. The van der Waals surface area contributed by atoms with Gasteiger partial charge in [-0.05, 0) is 18.6 Å². The zero-order chi connectivity index (χ0) is 12.4. The Bertz CT molecular complexity index is 545. The van der Waals surface area contributed by atoms with Crippen molar-refractivity contribution in [2.24, 2.45) is 0 Å². The summed E-state index contributed by atoms with van der Waals surface area (Å²) in [6.45, 7) is 1.66. The lowest BCUT2D eigenvalue weighted by Crippen LogP contribution is -1.98. The van der Waals surface area contributed by atoms with Crippen LogP contribution in [0.25, 0.3) is 11.3 Å². The van der Waals surface area contributed by atoms with Crippen molar-refractivity contribution in [3.05, 3.63) is 35.2 Å². The molecule has 5 nitrogen and oxygen atoms in total. The number of nitrogens with zero attached hydrogens (tertiary/aromatic N) is 3. The number of pyridine rings is 1. The van der Waals surface area contributed by atoms with Crippen molar-refractivity contribution in [1.82, 2.24) is 15.0 Å². The smallest absolute Gasteiger partial charge is 0.220 e. The van der Waals surface area contributed by atoms with Crippen LogP contribution in [0.2, 0.25) is 5.02 Å². The van der Waals surface area contributed by atoms with E-state index in [1.807, 2.05) is 0 Å². The minimum Gasteiger partial charge on any atom is -0.389 e. The third-order valence-corrected chi connectivity index (χ3v) is 2.55. The molecule has 0 aliphatic heterocycles. The lowest BCUT2D eigenvalue weighted by Gasteiger charge is -2.07. The van der Waals surface area contributed by atoms with Crippen molar-refractivity contribution < 1.29 is 5.11 Å². The Hall–Kier alpha value is -1.72. The summed E-state index contributed by atoms with van der Waals surface area (Å²) in [5.41, 5.74) is 7.41. The number of nitrogen functional groups attached to an aromatic ring is 1. The van der Waals surface area contributed by atoms with Gasteiger partial charge < -0.3 is 10.8 Å². The third kappa shape index (κ3) is 2.51. The maximum absolute atomic E-state index is 9.49. The van der Waals surface area contributed by atoms with Gasteiger partial charge in [0.2, 0.25) is 5.95 Å². The van der Waals surface area contributed by atoms with Gasteiger partial charge in [-0.1, -0.05) is 11.6 Å². The van der Waals surface area contributed by atoms with Crippen molar-refractivity contribution in [3.8, 4) is 11.3 Å². The molecule has 2 aromatic rings. The fraction of sp³-hybridized carbons (Fsp3) is 0.182. The highest BCUT2D eigenvalue weighted by atomic mass is 35.5. The lowest BCUT2D eigenvalue weighted by molar-refractivity contribution is 0.199. The Morgan fingerprint density at radius 2 is 2.12 bits per heavy atom. The second-order valence-electron chi connectivity index (χ2n) is 3.61. The average Bonchev–Trinajstić information content (AvgIpc) is 2.32. The number of halogens is 1. The van der Waals surface area contributed by atoms with Gasteiger partial charge in [0.05, 0.1) is 23.0 Å². The Kier molecular flexibility index (Phi) is 3.21. The van der Waals surface area contributed by atoms with E-state index in [1.165, 1.54) is 6.20 Å². The molecule has 0 amide bonds. The molecule has 0 aliphatic rings. The number of anilines is 1. The molecule has 0 saturated heterocycles. The SMILES string of the molecule is CC(O)c1cncc(-c2nc(N)ncc2Cl)c1. The van der Waals surface area contributed by atoms with Gasteiger partial charge in [0, 0.05) is 18.0 Å². The van der Waals surface area contributed by atoms with Crippen LogP contribution >= 0.6 is 11.6 Å².